The van der Waals surface area contributed by atoms with E-state index in [1.54, 1.807) is 18.1 Å². The Morgan fingerprint density at radius 3 is 2.32 bits per heavy atom. The fourth-order valence-corrected chi connectivity index (χ4v) is 6.80. The van der Waals surface area contributed by atoms with Crippen molar-refractivity contribution >= 4 is 43.2 Å². The number of hydrogen-bond donors (Lipinski definition) is 0. The Balaban J connectivity index is 1.60. The first-order chi connectivity index (χ1) is 14.7. The van der Waals surface area contributed by atoms with Crippen LogP contribution in [-0.2, 0) is 21.2 Å². The number of hydrogen-bond acceptors (Lipinski definition) is 5. The molecule has 4 rings (SSSR count). The number of fused-ring (bicyclic) bond motifs is 1. The normalized spacial score (nSPS) is 19.4. The molecule has 31 heavy (non-hydrogen) atoms. The van der Waals surface area contributed by atoms with Crippen LogP contribution in [0.3, 0.4) is 0 Å². The van der Waals surface area contributed by atoms with E-state index < -0.39 is 10.0 Å². The first-order valence-electron chi connectivity index (χ1n) is 10.2. The molecule has 0 N–H and O–H groups in total. The average molecular weight is 508 g/mol. The Bertz CT molecular complexity index is 1100. The fraction of sp³-hybridized carbons (Fsp3) is 0.409. The second-order valence-corrected chi connectivity index (χ2v) is 10.8. The largest absolute Gasteiger partial charge is 0.497 e. The van der Waals surface area contributed by atoms with Crippen LogP contribution < -0.4 is 14.5 Å². The first-order valence-corrected chi connectivity index (χ1v) is 12.5. The van der Waals surface area contributed by atoms with Gasteiger partial charge in [-0.2, -0.15) is 4.31 Å². The van der Waals surface area contributed by atoms with E-state index in [2.05, 4.69) is 20.8 Å². The first kappa shape index (κ1) is 22.1. The van der Waals surface area contributed by atoms with Gasteiger partial charge in [0.1, 0.15) is 10.6 Å². The lowest BCUT2D eigenvalue weighted by atomic mass is 10.1. The molecule has 1 unspecified atom stereocenters. The molecule has 166 valence electrons. The third-order valence-electron chi connectivity index (χ3n) is 5.95. The minimum Gasteiger partial charge on any atom is -0.497 e. The Morgan fingerprint density at radius 1 is 1.10 bits per heavy atom. The number of anilines is 2. The number of carbonyl (C=O) groups is 1. The summed E-state index contributed by atoms with van der Waals surface area (Å²) in [6.45, 7) is 5.37. The summed E-state index contributed by atoms with van der Waals surface area (Å²) in [6, 6.07) is 11.2. The molecule has 2 aromatic rings. The molecule has 0 aromatic heterocycles. The Morgan fingerprint density at radius 2 is 1.74 bits per heavy atom. The van der Waals surface area contributed by atoms with Gasteiger partial charge in [0, 0.05) is 49.3 Å². The maximum Gasteiger partial charge on any atom is 0.245 e. The summed E-state index contributed by atoms with van der Waals surface area (Å²) in [6.07, 6.45) is 0.641. The highest BCUT2D eigenvalue weighted by atomic mass is 79.9. The molecule has 2 heterocycles. The van der Waals surface area contributed by atoms with Gasteiger partial charge >= 0.3 is 0 Å². The summed E-state index contributed by atoms with van der Waals surface area (Å²) in [7, 11) is -2.12. The maximum atomic E-state index is 13.6. The predicted octanol–water partition coefficient (Wildman–Crippen LogP) is 3.27. The molecule has 7 nitrogen and oxygen atoms in total. The third-order valence-corrected chi connectivity index (χ3v) is 8.32. The van der Waals surface area contributed by atoms with E-state index in [-0.39, 0.29) is 16.8 Å². The second kappa shape index (κ2) is 8.44. The van der Waals surface area contributed by atoms with Gasteiger partial charge in [0.05, 0.1) is 12.8 Å². The van der Waals surface area contributed by atoms with Gasteiger partial charge in [-0.15, -0.1) is 0 Å². The summed E-state index contributed by atoms with van der Waals surface area (Å²) >= 11 is 3.46. The number of carbonyl (C=O) groups excluding carboxylic acids is 1. The molecule has 1 atom stereocenters. The summed E-state index contributed by atoms with van der Waals surface area (Å²) < 4.78 is 34.7. The zero-order valence-electron chi connectivity index (χ0n) is 17.8. The van der Waals surface area contributed by atoms with E-state index in [1.807, 2.05) is 37.3 Å². The van der Waals surface area contributed by atoms with Gasteiger partial charge in [0.15, 0.2) is 0 Å². The number of benzene rings is 2. The van der Waals surface area contributed by atoms with Crippen LogP contribution in [0.1, 0.15) is 19.4 Å². The quantitative estimate of drug-likeness (QED) is 0.634. The summed E-state index contributed by atoms with van der Waals surface area (Å²) in [5.41, 5.74) is 2.45. The van der Waals surface area contributed by atoms with Crippen molar-refractivity contribution in [3.63, 3.8) is 0 Å². The van der Waals surface area contributed by atoms with Gasteiger partial charge in [0.2, 0.25) is 15.9 Å². The topological polar surface area (TPSA) is 70.2 Å². The third kappa shape index (κ3) is 4.06. The van der Waals surface area contributed by atoms with Crippen LogP contribution in [0.5, 0.6) is 5.75 Å². The summed E-state index contributed by atoms with van der Waals surface area (Å²) in [5, 5.41) is 0. The van der Waals surface area contributed by atoms with E-state index in [0.717, 1.165) is 17.0 Å². The molecular weight excluding hydrogens is 482 g/mol. The predicted molar refractivity (Wildman–Crippen MR) is 124 cm³/mol. The van der Waals surface area contributed by atoms with Crippen molar-refractivity contribution < 1.29 is 17.9 Å². The molecule has 2 aliphatic rings. The molecule has 0 radical (unpaired) electrons. The van der Waals surface area contributed by atoms with Crippen molar-refractivity contribution in [2.45, 2.75) is 31.2 Å². The zero-order chi connectivity index (χ0) is 22.3. The highest BCUT2D eigenvalue weighted by Gasteiger charge is 2.38. The summed E-state index contributed by atoms with van der Waals surface area (Å²) in [4.78, 5) is 16.3. The van der Waals surface area contributed by atoms with Crippen LogP contribution in [0.4, 0.5) is 11.4 Å². The average Bonchev–Trinajstić information content (AvgIpc) is 3.08. The van der Waals surface area contributed by atoms with Crippen LogP contribution in [0.15, 0.2) is 45.8 Å². The van der Waals surface area contributed by atoms with Crippen LogP contribution in [0.25, 0.3) is 0 Å². The van der Waals surface area contributed by atoms with Gasteiger partial charge in [-0.3, -0.25) is 4.79 Å². The second-order valence-electron chi connectivity index (χ2n) is 7.94. The molecule has 9 heteroatoms. The number of rotatable bonds is 4. The number of sulfonamides is 1. The number of halogens is 1. The molecule has 2 aliphatic heterocycles. The minimum atomic E-state index is -3.75. The number of nitrogens with zero attached hydrogens (tertiary/aromatic N) is 3. The van der Waals surface area contributed by atoms with Gasteiger partial charge in [-0.05, 0) is 55.3 Å². The lowest BCUT2D eigenvalue weighted by molar-refractivity contribution is -0.116. The molecule has 1 saturated heterocycles. The van der Waals surface area contributed by atoms with Crippen molar-refractivity contribution in [3.8, 4) is 5.75 Å². The van der Waals surface area contributed by atoms with Crippen molar-refractivity contribution in [2.24, 2.45) is 0 Å². The fourth-order valence-electron chi connectivity index (χ4n) is 4.47. The van der Waals surface area contributed by atoms with E-state index in [0.29, 0.717) is 42.8 Å². The standard InChI is InChI=1S/C22H26BrN3O4S/c1-15-12-17-13-18(23)14-21(22(17)26(15)16(2)27)31(28,29)25-10-8-24(9-11-25)19-4-6-20(30-3)7-5-19/h4-7,13-15H,8-12H2,1-3H3. The Labute approximate surface area is 191 Å². The molecule has 0 spiro atoms. The highest BCUT2D eigenvalue weighted by molar-refractivity contribution is 9.10. The van der Waals surface area contributed by atoms with Crippen molar-refractivity contribution in [3.05, 3.63) is 46.4 Å². The molecule has 2 aromatic carbocycles. The van der Waals surface area contributed by atoms with E-state index >= 15 is 0 Å². The number of amides is 1. The maximum absolute atomic E-state index is 13.6. The Kier molecular flexibility index (Phi) is 6.02. The molecular formula is C22H26BrN3O4S. The van der Waals surface area contributed by atoms with E-state index in [1.165, 1.54) is 11.2 Å². The van der Waals surface area contributed by atoms with E-state index in [4.69, 9.17) is 4.74 Å². The van der Waals surface area contributed by atoms with Gasteiger partial charge < -0.3 is 14.5 Å². The molecule has 0 bridgehead atoms. The van der Waals surface area contributed by atoms with Gasteiger partial charge in [0.25, 0.3) is 0 Å². The number of methoxy groups -OCH3 is 1. The number of piperazine rings is 1. The smallest absolute Gasteiger partial charge is 0.245 e. The van der Waals surface area contributed by atoms with E-state index in [9.17, 15) is 13.2 Å². The summed E-state index contributed by atoms with van der Waals surface area (Å²) in [5.74, 6) is 0.645. The van der Waals surface area contributed by atoms with Crippen molar-refractivity contribution in [1.29, 1.82) is 0 Å². The van der Waals surface area contributed by atoms with Crippen LogP contribution in [-0.4, -0.2) is 58.0 Å². The molecule has 0 saturated carbocycles. The molecule has 0 aliphatic carbocycles. The lowest BCUT2D eigenvalue weighted by Crippen LogP contribution is -2.49. The van der Waals surface area contributed by atoms with Gasteiger partial charge in [-0.1, -0.05) is 15.9 Å². The van der Waals surface area contributed by atoms with Gasteiger partial charge in [-0.25, -0.2) is 8.42 Å². The van der Waals surface area contributed by atoms with Crippen molar-refractivity contribution in [2.75, 3.05) is 43.1 Å². The molecule has 1 fully saturated rings. The zero-order valence-corrected chi connectivity index (χ0v) is 20.2. The minimum absolute atomic E-state index is 0.0670. The monoisotopic (exact) mass is 507 g/mol. The van der Waals surface area contributed by atoms with Crippen LogP contribution >= 0.6 is 15.9 Å². The Hall–Kier alpha value is -2.10. The van der Waals surface area contributed by atoms with Crippen molar-refractivity contribution in [1.82, 2.24) is 4.31 Å². The van der Waals surface area contributed by atoms with Crippen LogP contribution in [0.2, 0.25) is 0 Å². The van der Waals surface area contributed by atoms with Crippen LogP contribution in [0, 0.1) is 0 Å². The number of ether oxygens (including phenoxy) is 1. The highest BCUT2D eigenvalue weighted by Crippen LogP contribution is 2.41. The SMILES string of the molecule is COc1ccc(N2CCN(S(=O)(=O)c3cc(Br)cc4c3N(C(C)=O)C(C)C4)CC2)cc1. The lowest BCUT2D eigenvalue weighted by Gasteiger charge is -2.36. The molecule has 1 amide bonds.